The minimum Gasteiger partial charge on any atom is -0.404 e. The third-order valence-corrected chi connectivity index (χ3v) is 12.2. The van der Waals surface area contributed by atoms with Gasteiger partial charge in [-0.3, -0.25) is 20.2 Å². The Balaban J connectivity index is 0.000000340. The topological polar surface area (TPSA) is 289 Å². The maximum atomic E-state index is 15.5. The molecule has 0 radical (unpaired) electrons. The summed E-state index contributed by atoms with van der Waals surface area (Å²) in [5, 5.41) is 44.0. The third kappa shape index (κ3) is 13.7. The Labute approximate surface area is 439 Å². The van der Waals surface area contributed by atoms with Crippen LogP contribution in [0.15, 0.2) is 107 Å². The first-order valence-corrected chi connectivity index (χ1v) is 23.1. The molecule has 8 N–H and O–H groups in total. The van der Waals surface area contributed by atoms with E-state index in [-0.39, 0.29) is 79.8 Å². The van der Waals surface area contributed by atoms with Crippen molar-refractivity contribution in [3.63, 3.8) is 0 Å². The summed E-state index contributed by atoms with van der Waals surface area (Å²) in [5.74, 6) is -2.40. The van der Waals surface area contributed by atoms with Crippen LogP contribution in [0.2, 0.25) is 10.0 Å². The predicted molar refractivity (Wildman–Crippen MR) is 253 cm³/mol. The summed E-state index contributed by atoms with van der Waals surface area (Å²) in [6.45, 7) is 0. The number of carbonyl (C=O) groups excluding carboxylic acids is 2. The number of nitrogens with zero attached hydrogens (tertiary/aromatic N) is 2. The second-order valence-corrected chi connectivity index (χ2v) is 19.0. The molecule has 0 aliphatic rings. The van der Waals surface area contributed by atoms with Gasteiger partial charge in [0.25, 0.3) is 0 Å². The van der Waals surface area contributed by atoms with Crippen LogP contribution >= 0.6 is 68.4 Å². The molecule has 0 heterocycles. The Bertz CT molecular complexity index is 3130. The number of hydrogen-bond acceptors (Lipinski definition) is 14. The smallest absolute Gasteiger partial charge is 0.243 e. The van der Waals surface area contributed by atoms with Gasteiger partial charge in [-0.25, -0.2) is 35.9 Å². The second-order valence-electron chi connectivity index (χ2n) is 12.6. The molecular weight excluding hydrogens is 1520 g/mol. The van der Waals surface area contributed by atoms with Crippen LogP contribution in [0.5, 0.6) is 0 Å². The Morgan fingerprint density at radius 2 is 1.02 bits per heavy atom. The molecule has 6 rings (SSSR count). The molecule has 0 spiro atoms. The van der Waals surface area contributed by atoms with Crippen LogP contribution in [-0.2, 0) is 71.8 Å². The van der Waals surface area contributed by atoms with E-state index in [1.807, 2.05) is 45.2 Å². The summed E-state index contributed by atoms with van der Waals surface area (Å²) in [5.41, 5.74) is -4.32. The monoisotopic (exact) mass is 1550 g/mol. The maximum absolute atomic E-state index is 15.5. The zero-order valence-electron chi connectivity index (χ0n) is 32.3. The van der Waals surface area contributed by atoms with Crippen molar-refractivity contribution in [2.45, 2.75) is 9.79 Å². The number of rotatable bonds is 14. The van der Waals surface area contributed by atoms with Gasteiger partial charge in [0.05, 0.1) is 43.0 Å². The minimum atomic E-state index is -4.23. The fraction of sp³-hybridized carbons (Fsp3) is 0. The SMILES string of the molecule is NS(=O)(=O)c1cccc(Nc2c([N+](=O)[O-])cc([C-]=O)c(Nc3ccc(I)cc3Cl)c2F)c1.NS(=O)(=O)c1ccccc1Nc1c([N+](=O)[O-])cc([C-]=O)c(Nc2ccc(I)cc2Cl)c1F.[W].[W]. The molecule has 0 atom stereocenters. The number of para-hydroxylation sites is 1. The van der Waals surface area contributed by atoms with Crippen molar-refractivity contribution in [3.05, 3.63) is 157 Å². The molecule has 6 aromatic rings. The van der Waals surface area contributed by atoms with Crippen molar-refractivity contribution in [3.8, 4) is 0 Å². The van der Waals surface area contributed by atoms with E-state index in [4.69, 9.17) is 33.5 Å². The molecular formula is C38H24Cl2F2I2N8O10S2W2-2. The van der Waals surface area contributed by atoms with Crippen LogP contribution in [0, 0.1) is 39.0 Å². The molecule has 344 valence electrons. The summed E-state index contributed by atoms with van der Waals surface area (Å²) < 4.78 is 79.4. The fourth-order valence-electron chi connectivity index (χ4n) is 5.50. The number of nitrogens with one attached hydrogen (secondary N) is 4. The van der Waals surface area contributed by atoms with Crippen molar-refractivity contribution >= 4 is 158 Å². The van der Waals surface area contributed by atoms with Gasteiger partial charge in [-0.1, -0.05) is 53.5 Å². The van der Waals surface area contributed by atoms with Crippen molar-refractivity contribution in [1.29, 1.82) is 0 Å². The third-order valence-electron chi connectivity index (χ3n) is 8.37. The summed E-state index contributed by atoms with van der Waals surface area (Å²) in [4.78, 5) is 43.4. The van der Waals surface area contributed by atoms with E-state index < -0.39 is 91.7 Å². The molecule has 6 aromatic carbocycles. The van der Waals surface area contributed by atoms with Crippen LogP contribution in [0.25, 0.3) is 0 Å². The minimum absolute atomic E-state index is 0. The van der Waals surface area contributed by atoms with Crippen LogP contribution in [0.1, 0.15) is 11.1 Å². The van der Waals surface area contributed by atoms with E-state index >= 15 is 8.78 Å². The first kappa shape index (κ1) is 56.1. The molecule has 0 bridgehead atoms. The molecule has 0 fully saturated rings. The van der Waals surface area contributed by atoms with Crippen LogP contribution < -0.4 is 31.5 Å². The van der Waals surface area contributed by atoms with Crippen molar-refractivity contribution in [2.75, 3.05) is 21.3 Å². The number of primary sulfonamides is 2. The van der Waals surface area contributed by atoms with Gasteiger partial charge >= 0.3 is 0 Å². The molecule has 28 heteroatoms. The molecule has 18 nitrogen and oxygen atoms in total. The van der Waals surface area contributed by atoms with E-state index in [1.54, 1.807) is 30.3 Å². The van der Waals surface area contributed by atoms with E-state index in [0.29, 0.717) is 0 Å². The van der Waals surface area contributed by atoms with Crippen LogP contribution in [-0.4, -0.2) is 39.3 Å². The second kappa shape index (κ2) is 23.7. The molecule has 0 aliphatic heterocycles. The van der Waals surface area contributed by atoms with E-state index in [2.05, 4.69) is 21.3 Å². The quantitative estimate of drug-likeness (QED) is 0.0257. The largest absolute Gasteiger partial charge is 0.404 e. The van der Waals surface area contributed by atoms with Gasteiger partial charge in [-0.15, -0.1) is 11.1 Å². The van der Waals surface area contributed by atoms with E-state index in [1.165, 1.54) is 55.0 Å². The van der Waals surface area contributed by atoms with Gasteiger partial charge < -0.3 is 30.9 Å². The molecule has 0 aromatic heterocycles. The number of benzene rings is 6. The molecule has 0 saturated carbocycles. The number of sulfonamides is 2. The molecule has 0 saturated heterocycles. The first-order chi connectivity index (χ1) is 30.0. The molecule has 0 aliphatic carbocycles. The molecule has 0 amide bonds. The number of hydrogen-bond donors (Lipinski definition) is 6. The summed E-state index contributed by atoms with van der Waals surface area (Å²) >= 11 is 16.4. The van der Waals surface area contributed by atoms with Gasteiger partial charge in [0.15, 0.2) is 0 Å². The summed E-state index contributed by atoms with van der Waals surface area (Å²) in [7, 11) is -8.30. The normalized spacial score (nSPS) is 10.8. The fourth-order valence-corrected chi connectivity index (χ4v) is 8.56. The van der Waals surface area contributed by atoms with Crippen LogP contribution in [0.4, 0.5) is 65.7 Å². The van der Waals surface area contributed by atoms with E-state index in [9.17, 15) is 46.7 Å². The Kier molecular flexibility index (Phi) is 20.1. The van der Waals surface area contributed by atoms with Gasteiger partial charge in [0.2, 0.25) is 31.4 Å². The molecule has 0 unspecified atom stereocenters. The number of halogens is 6. The average molecular weight is 1550 g/mol. The molecule has 66 heavy (non-hydrogen) atoms. The predicted octanol–water partition coefficient (Wildman–Crippen LogP) is 9.16. The first-order valence-electron chi connectivity index (χ1n) is 17.0. The zero-order valence-corrected chi connectivity index (χ0v) is 45.6. The average Bonchev–Trinajstić information content (AvgIpc) is 3.22. The number of nitro groups is 2. The van der Waals surface area contributed by atoms with Gasteiger partial charge in [-0.2, -0.15) is 0 Å². The number of anilines is 8. The van der Waals surface area contributed by atoms with Crippen molar-refractivity contribution in [2.24, 2.45) is 10.3 Å². The maximum Gasteiger partial charge on any atom is 0.243 e. The van der Waals surface area contributed by atoms with E-state index in [0.717, 1.165) is 31.4 Å². The Hall–Kier alpha value is -4.24. The Morgan fingerprint density at radius 1 is 0.576 bits per heavy atom. The summed E-state index contributed by atoms with van der Waals surface area (Å²) in [6.07, 6.45) is 2.94. The number of nitro benzene ring substituents is 2. The van der Waals surface area contributed by atoms with Gasteiger partial charge in [-0.05, 0) is 123 Å². The van der Waals surface area contributed by atoms with Crippen LogP contribution in [0.3, 0.4) is 0 Å². The Morgan fingerprint density at radius 3 is 1.42 bits per heavy atom. The van der Waals surface area contributed by atoms with Crippen molar-refractivity contribution in [1.82, 2.24) is 0 Å². The summed E-state index contributed by atoms with van der Waals surface area (Å²) in [6, 6.07) is 21.4. The van der Waals surface area contributed by atoms with Gasteiger partial charge in [0.1, 0.15) is 27.9 Å². The van der Waals surface area contributed by atoms with Crippen molar-refractivity contribution < 1.29 is 87.2 Å². The zero-order chi connectivity index (χ0) is 47.3. The number of nitrogens with two attached hydrogens (primary N) is 2. The standard InChI is InChI=1S/2C19H12ClFIN4O5S.2W/c20-14-7-11(22)4-5-15(14)25-18-10(9-27)6-16(26(28)29)19(17(18)21)24-12-2-1-3-13(8-12)32(23,30)31;20-12-8-11(22)5-6-13(12)24-18-10(9-27)7-15(26(28)29)19(17(18)21)25-14-3-1-2-4-16(14)32(23,30)31;;/h2*1-8,24-25H,(H2,23,30,31);;/q2*-1;;. The van der Waals surface area contributed by atoms with Gasteiger partial charge in [0, 0.05) is 66.3 Å².